The molecule has 0 aliphatic carbocycles. The lowest BCUT2D eigenvalue weighted by Crippen LogP contribution is -2.47. The van der Waals surface area contributed by atoms with Crippen molar-refractivity contribution in [2.24, 2.45) is 0 Å². The number of rotatable bonds is 4. The van der Waals surface area contributed by atoms with Crippen LogP contribution in [0.1, 0.15) is 34.6 Å². The summed E-state index contributed by atoms with van der Waals surface area (Å²) in [6.45, 7) is 5.09. The molecule has 8 nitrogen and oxygen atoms in total. The highest BCUT2D eigenvalue weighted by Gasteiger charge is 2.25. The van der Waals surface area contributed by atoms with Crippen molar-refractivity contribution in [3.8, 4) is 5.82 Å². The maximum Gasteiger partial charge on any atom is 0.319 e. The minimum Gasteiger partial charge on any atom is -0.338 e. The Bertz CT molecular complexity index is 1050. The number of hydrogen-bond acceptors (Lipinski definition) is 4. The number of likely N-dealkylation sites (tertiary alicyclic amines) is 1. The molecule has 2 aromatic heterocycles. The first-order valence-corrected chi connectivity index (χ1v) is 10.4. The van der Waals surface area contributed by atoms with Gasteiger partial charge in [-0.2, -0.15) is 5.10 Å². The zero-order valence-corrected chi connectivity index (χ0v) is 17.7. The molecule has 160 valence electrons. The minimum absolute atomic E-state index is 0.0410. The number of aromatic nitrogens is 3. The molecular weight excluding hydrogens is 392 g/mol. The predicted molar refractivity (Wildman–Crippen MR) is 118 cm³/mol. The molecule has 3 aromatic rings. The topological polar surface area (TPSA) is 92.2 Å². The number of nitrogens with one attached hydrogen (secondary N) is 2. The number of amides is 3. The van der Waals surface area contributed by atoms with Crippen LogP contribution in [0.15, 0.2) is 54.7 Å². The molecule has 0 radical (unpaired) electrons. The van der Waals surface area contributed by atoms with E-state index in [-0.39, 0.29) is 18.0 Å². The molecule has 1 saturated heterocycles. The quantitative estimate of drug-likeness (QED) is 0.680. The zero-order valence-electron chi connectivity index (χ0n) is 17.7. The lowest BCUT2D eigenvalue weighted by molar-refractivity contribution is 0.0708. The first-order valence-electron chi connectivity index (χ1n) is 10.4. The largest absolute Gasteiger partial charge is 0.338 e. The van der Waals surface area contributed by atoms with Crippen molar-refractivity contribution in [1.29, 1.82) is 0 Å². The monoisotopic (exact) mass is 418 g/mol. The number of pyridine rings is 1. The molecular formula is C23H26N6O2. The van der Waals surface area contributed by atoms with Crippen LogP contribution in [0.3, 0.4) is 0 Å². The number of anilines is 1. The Hall–Kier alpha value is -3.68. The fourth-order valence-corrected chi connectivity index (χ4v) is 3.78. The molecule has 0 spiro atoms. The summed E-state index contributed by atoms with van der Waals surface area (Å²) in [6.07, 6.45) is 3.03. The van der Waals surface area contributed by atoms with Crippen LogP contribution >= 0.6 is 0 Å². The maximum atomic E-state index is 12.9. The van der Waals surface area contributed by atoms with Gasteiger partial charge in [0, 0.05) is 36.7 Å². The van der Waals surface area contributed by atoms with E-state index >= 15 is 0 Å². The summed E-state index contributed by atoms with van der Waals surface area (Å²) in [5.41, 5.74) is 3.23. The van der Waals surface area contributed by atoms with Gasteiger partial charge in [-0.1, -0.05) is 18.2 Å². The van der Waals surface area contributed by atoms with Crippen LogP contribution in [-0.2, 0) is 0 Å². The van der Waals surface area contributed by atoms with E-state index in [1.807, 2.05) is 61.2 Å². The summed E-state index contributed by atoms with van der Waals surface area (Å²) in [6, 6.07) is 14.7. The highest BCUT2D eigenvalue weighted by Crippen LogP contribution is 2.16. The lowest BCUT2D eigenvalue weighted by atomic mass is 10.0. The fraction of sp³-hybridized carbons (Fsp3) is 0.304. The van der Waals surface area contributed by atoms with Gasteiger partial charge in [0.15, 0.2) is 5.82 Å². The number of piperidine rings is 1. The molecule has 0 saturated carbocycles. The van der Waals surface area contributed by atoms with Crippen LogP contribution in [0.25, 0.3) is 5.82 Å². The number of benzene rings is 1. The van der Waals surface area contributed by atoms with Crippen molar-refractivity contribution < 1.29 is 9.59 Å². The van der Waals surface area contributed by atoms with Gasteiger partial charge in [-0.05, 0) is 57.0 Å². The molecule has 0 bridgehead atoms. The first kappa shape index (κ1) is 20.6. The molecule has 1 fully saturated rings. The van der Waals surface area contributed by atoms with Crippen molar-refractivity contribution in [1.82, 2.24) is 25.0 Å². The third-order valence-corrected chi connectivity index (χ3v) is 5.37. The molecule has 1 aromatic carbocycles. The number of carbonyl (C=O) groups is 2. The fourth-order valence-electron chi connectivity index (χ4n) is 3.78. The minimum atomic E-state index is -0.222. The Balaban J connectivity index is 1.30. The van der Waals surface area contributed by atoms with Crippen molar-refractivity contribution in [3.63, 3.8) is 0 Å². The second kappa shape index (κ2) is 8.99. The number of aryl methyl sites for hydroxylation is 2. The number of hydrogen-bond donors (Lipinski definition) is 2. The Morgan fingerprint density at radius 1 is 1.03 bits per heavy atom. The van der Waals surface area contributed by atoms with Gasteiger partial charge in [-0.15, -0.1) is 0 Å². The van der Waals surface area contributed by atoms with Crippen molar-refractivity contribution in [3.05, 3.63) is 71.7 Å². The van der Waals surface area contributed by atoms with E-state index < -0.39 is 0 Å². The Morgan fingerprint density at radius 2 is 1.77 bits per heavy atom. The zero-order chi connectivity index (χ0) is 21.8. The van der Waals surface area contributed by atoms with Gasteiger partial charge < -0.3 is 15.5 Å². The highest BCUT2D eigenvalue weighted by atomic mass is 16.2. The molecule has 8 heteroatoms. The maximum absolute atomic E-state index is 12.9. The average Bonchev–Trinajstić information content (AvgIpc) is 3.12. The lowest BCUT2D eigenvalue weighted by Gasteiger charge is -2.32. The van der Waals surface area contributed by atoms with E-state index in [1.165, 1.54) is 0 Å². The molecule has 2 N–H and O–H groups in total. The molecule has 3 heterocycles. The van der Waals surface area contributed by atoms with Gasteiger partial charge in [-0.3, -0.25) is 4.79 Å². The normalized spacial score (nSPS) is 14.3. The summed E-state index contributed by atoms with van der Waals surface area (Å²) < 4.78 is 1.77. The molecule has 0 atom stereocenters. The summed E-state index contributed by atoms with van der Waals surface area (Å²) in [4.78, 5) is 31.3. The van der Waals surface area contributed by atoms with Crippen LogP contribution in [0.4, 0.5) is 10.5 Å². The average molecular weight is 419 g/mol. The van der Waals surface area contributed by atoms with Crippen LogP contribution in [-0.4, -0.2) is 50.7 Å². The Morgan fingerprint density at radius 3 is 2.39 bits per heavy atom. The molecule has 1 aliphatic rings. The Kier molecular flexibility index (Phi) is 5.97. The number of carbonyl (C=O) groups excluding carboxylic acids is 2. The smallest absolute Gasteiger partial charge is 0.319 e. The second-order valence-electron chi connectivity index (χ2n) is 7.77. The SMILES string of the molecule is Cc1cc(C)n(-c2ccc(C(=O)N3CCC(NC(=O)Nc4ccccc4)CC3)cn2)n1. The van der Waals surface area contributed by atoms with E-state index in [0.717, 1.165) is 17.1 Å². The molecule has 4 rings (SSSR count). The first-order chi connectivity index (χ1) is 15.0. The Labute approximate surface area is 181 Å². The van der Waals surface area contributed by atoms with Crippen LogP contribution in [0.2, 0.25) is 0 Å². The summed E-state index contributed by atoms with van der Waals surface area (Å²) >= 11 is 0. The molecule has 31 heavy (non-hydrogen) atoms. The molecule has 3 amide bonds. The van der Waals surface area contributed by atoms with Gasteiger partial charge in [-0.25, -0.2) is 14.5 Å². The van der Waals surface area contributed by atoms with Gasteiger partial charge in [0.1, 0.15) is 0 Å². The third kappa shape index (κ3) is 4.91. The second-order valence-corrected chi connectivity index (χ2v) is 7.77. The number of nitrogens with zero attached hydrogens (tertiary/aromatic N) is 4. The van der Waals surface area contributed by atoms with Gasteiger partial charge in [0.25, 0.3) is 5.91 Å². The van der Waals surface area contributed by atoms with Gasteiger partial charge >= 0.3 is 6.03 Å². The summed E-state index contributed by atoms with van der Waals surface area (Å²) in [7, 11) is 0. The van der Waals surface area contributed by atoms with Crippen LogP contribution in [0.5, 0.6) is 0 Å². The predicted octanol–water partition coefficient (Wildman–Crippen LogP) is 3.31. The van der Waals surface area contributed by atoms with E-state index in [4.69, 9.17) is 0 Å². The summed E-state index contributed by atoms with van der Waals surface area (Å²) in [5.74, 6) is 0.647. The highest BCUT2D eigenvalue weighted by molar-refractivity contribution is 5.94. The van der Waals surface area contributed by atoms with Gasteiger partial charge in [0.2, 0.25) is 0 Å². The van der Waals surface area contributed by atoms with Crippen molar-refractivity contribution in [2.45, 2.75) is 32.7 Å². The van der Waals surface area contributed by atoms with Crippen LogP contribution in [0, 0.1) is 13.8 Å². The van der Waals surface area contributed by atoms with E-state index in [2.05, 4.69) is 20.7 Å². The molecule has 1 aliphatic heterocycles. The van der Waals surface area contributed by atoms with Gasteiger partial charge in [0.05, 0.1) is 11.3 Å². The van der Waals surface area contributed by atoms with Crippen molar-refractivity contribution >= 4 is 17.6 Å². The van der Waals surface area contributed by atoms with E-state index in [9.17, 15) is 9.59 Å². The number of para-hydroxylation sites is 1. The van der Waals surface area contributed by atoms with E-state index in [1.54, 1.807) is 16.9 Å². The molecule has 0 unspecified atom stereocenters. The standard InChI is InChI=1S/C23H26N6O2/c1-16-14-17(2)29(27-16)21-9-8-18(15-24-21)22(30)28-12-10-20(11-13-28)26-23(31)25-19-6-4-3-5-7-19/h3-9,14-15,20H,10-13H2,1-2H3,(H2,25,26,31). The number of urea groups is 1. The van der Waals surface area contributed by atoms with E-state index in [0.29, 0.717) is 37.3 Å². The van der Waals surface area contributed by atoms with Crippen molar-refractivity contribution in [2.75, 3.05) is 18.4 Å². The van der Waals surface area contributed by atoms with Crippen LogP contribution < -0.4 is 10.6 Å². The third-order valence-electron chi connectivity index (χ3n) is 5.37. The summed E-state index contributed by atoms with van der Waals surface area (Å²) in [5, 5.41) is 10.2.